The summed E-state index contributed by atoms with van der Waals surface area (Å²) in [6.45, 7) is 0.415. The first-order valence-electron chi connectivity index (χ1n) is 5.37. The van der Waals surface area contributed by atoms with Crippen molar-refractivity contribution in [3.8, 4) is 0 Å². The van der Waals surface area contributed by atoms with Gasteiger partial charge in [0.15, 0.2) is 0 Å². The lowest BCUT2D eigenvalue weighted by molar-refractivity contribution is 0.621. The molecule has 0 aliphatic rings. The molecule has 0 fully saturated rings. The van der Waals surface area contributed by atoms with Crippen LogP contribution in [0, 0.1) is 5.82 Å². The van der Waals surface area contributed by atoms with Gasteiger partial charge < -0.3 is 11.1 Å². The Morgan fingerprint density at radius 3 is 2.58 bits per heavy atom. The van der Waals surface area contributed by atoms with Gasteiger partial charge in [0, 0.05) is 21.6 Å². The van der Waals surface area contributed by atoms with Crippen LogP contribution in [0.5, 0.6) is 0 Å². The third kappa shape index (κ3) is 3.70. The number of nitrogens with two attached hydrogens (primary N) is 1. The molecule has 0 saturated heterocycles. The van der Waals surface area contributed by atoms with Crippen LogP contribution in [0.25, 0.3) is 0 Å². The largest absolute Gasteiger partial charge is 0.376 e. The lowest BCUT2D eigenvalue weighted by atomic mass is 10.2. The summed E-state index contributed by atoms with van der Waals surface area (Å²) in [5, 5.41) is 3.26. The van der Waals surface area contributed by atoms with E-state index >= 15 is 0 Å². The molecule has 2 nitrogen and oxygen atoms in total. The molecule has 1 unspecified atom stereocenters. The van der Waals surface area contributed by atoms with E-state index in [0.29, 0.717) is 15.4 Å². The zero-order valence-corrected chi connectivity index (χ0v) is 14.3. The monoisotopic (exact) mass is 426 g/mol. The highest BCUT2D eigenvalue weighted by Crippen LogP contribution is 2.36. The number of hydrogen-bond donors (Lipinski definition) is 2. The first kappa shape index (κ1) is 15.3. The van der Waals surface area contributed by atoms with E-state index in [9.17, 15) is 4.39 Å². The number of thiophene rings is 1. The minimum atomic E-state index is -0.295. The highest BCUT2D eigenvalue weighted by molar-refractivity contribution is 9.10. The smallest absolute Gasteiger partial charge is 0.137 e. The summed E-state index contributed by atoms with van der Waals surface area (Å²) in [5.41, 5.74) is 6.58. The SMILES string of the molecule is NCC(Nc1ccc(F)c(Br)c1)c1cc(Br)c(Cl)s1. The lowest BCUT2D eigenvalue weighted by Gasteiger charge is -2.17. The fraction of sp³-hybridized carbons (Fsp3) is 0.167. The topological polar surface area (TPSA) is 38.0 Å². The molecule has 19 heavy (non-hydrogen) atoms. The molecule has 102 valence electrons. The predicted octanol–water partition coefficient (Wildman–Crippen LogP) is 5.18. The minimum absolute atomic E-state index is 0.0637. The van der Waals surface area contributed by atoms with E-state index in [2.05, 4.69) is 37.2 Å². The maximum absolute atomic E-state index is 13.2. The predicted molar refractivity (Wildman–Crippen MR) is 86.5 cm³/mol. The molecule has 0 saturated carbocycles. The number of anilines is 1. The van der Waals surface area contributed by atoms with E-state index in [0.717, 1.165) is 15.0 Å². The second kappa shape index (κ2) is 6.54. The summed E-state index contributed by atoms with van der Waals surface area (Å²) in [4.78, 5) is 1.03. The van der Waals surface area contributed by atoms with Crippen LogP contribution in [0.3, 0.4) is 0 Å². The van der Waals surface area contributed by atoms with Crippen molar-refractivity contribution in [2.24, 2.45) is 5.73 Å². The summed E-state index contributed by atoms with van der Waals surface area (Å²) in [5.74, 6) is -0.295. The molecule has 2 aromatic rings. The Morgan fingerprint density at radius 1 is 1.32 bits per heavy atom. The summed E-state index contributed by atoms with van der Waals surface area (Å²) in [6.07, 6.45) is 0. The fourth-order valence-corrected chi connectivity index (χ4v) is 3.75. The molecule has 1 atom stereocenters. The first-order valence-corrected chi connectivity index (χ1v) is 8.15. The Hall–Kier alpha value is -0.140. The number of hydrogen-bond acceptors (Lipinski definition) is 3. The van der Waals surface area contributed by atoms with Gasteiger partial charge in [-0.25, -0.2) is 4.39 Å². The third-order valence-electron chi connectivity index (χ3n) is 2.50. The molecule has 1 heterocycles. The molecule has 3 N–H and O–H groups in total. The molecule has 0 bridgehead atoms. The third-order valence-corrected chi connectivity index (χ3v) is 5.70. The maximum atomic E-state index is 13.2. The van der Waals surface area contributed by atoms with Crippen molar-refractivity contribution in [3.05, 3.63) is 48.2 Å². The molecular weight excluding hydrogens is 418 g/mol. The molecule has 0 aliphatic carbocycles. The molecular formula is C12H10Br2ClFN2S. The number of rotatable bonds is 4. The first-order chi connectivity index (χ1) is 9.01. The van der Waals surface area contributed by atoms with Crippen LogP contribution in [-0.2, 0) is 0 Å². The standard InChI is InChI=1S/C12H10Br2ClFN2S/c13-7-3-6(1-2-9(7)16)18-10(5-17)11-4-8(14)12(15)19-11/h1-4,10,18H,5,17H2. The van der Waals surface area contributed by atoms with Crippen LogP contribution < -0.4 is 11.1 Å². The molecule has 0 aliphatic heterocycles. The van der Waals surface area contributed by atoms with Gasteiger partial charge in [-0.3, -0.25) is 0 Å². The van der Waals surface area contributed by atoms with E-state index in [1.54, 1.807) is 12.1 Å². The highest BCUT2D eigenvalue weighted by atomic mass is 79.9. The van der Waals surface area contributed by atoms with Crippen LogP contribution in [0.4, 0.5) is 10.1 Å². The van der Waals surface area contributed by atoms with Crippen molar-refractivity contribution >= 4 is 60.5 Å². The molecule has 2 rings (SSSR count). The van der Waals surface area contributed by atoms with E-state index < -0.39 is 0 Å². The van der Waals surface area contributed by atoms with Gasteiger partial charge in [0.1, 0.15) is 10.2 Å². The van der Waals surface area contributed by atoms with Gasteiger partial charge in [-0.15, -0.1) is 11.3 Å². The van der Waals surface area contributed by atoms with Crippen molar-refractivity contribution in [2.45, 2.75) is 6.04 Å². The van der Waals surface area contributed by atoms with Crippen molar-refractivity contribution in [1.82, 2.24) is 0 Å². The summed E-state index contributed by atoms with van der Waals surface area (Å²) in [7, 11) is 0. The Kier molecular flexibility index (Phi) is 5.25. The van der Waals surface area contributed by atoms with Crippen LogP contribution >= 0.6 is 54.8 Å². The van der Waals surface area contributed by atoms with Crippen LogP contribution in [0.15, 0.2) is 33.2 Å². The Morgan fingerprint density at radius 2 is 2.05 bits per heavy atom. The summed E-state index contributed by atoms with van der Waals surface area (Å²) < 4.78 is 15.1. The number of nitrogens with one attached hydrogen (secondary N) is 1. The van der Waals surface area contributed by atoms with E-state index in [1.807, 2.05) is 6.07 Å². The van der Waals surface area contributed by atoms with Gasteiger partial charge in [-0.05, 0) is 56.1 Å². The summed E-state index contributed by atoms with van der Waals surface area (Å²) in [6, 6.07) is 6.63. The number of halogens is 4. The van der Waals surface area contributed by atoms with Gasteiger partial charge >= 0.3 is 0 Å². The van der Waals surface area contributed by atoms with E-state index in [1.165, 1.54) is 17.4 Å². The quantitative estimate of drug-likeness (QED) is 0.704. The molecule has 0 spiro atoms. The zero-order valence-electron chi connectivity index (χ0n) is 9.59. The Balaban J connectivity index is 2.21. The van der Waals surface area contributed by atoms with Crippen LogP contribution in [0.1, 0.15) is 10.9 Å². The van der Waals surface area contributed by atoms with Gasteiger partial charge in [-0.1, -0.05) is 11.6 Å². The molecule has 1 aromatic heterocycles. The fourth-order valence-electron chi connectivity index (χ4n) is 1.57. The van der Waals surface area contributed by atoms with Crippen molar-refractivity contribution < 1.29 is 4.39 Å². The van der Waals surface area contributed by atoms with E-state index in [-0.39, 0.29) is 11.9 Å². The molecule has 1 aromatic carbocycles. The molecule has 0 amide bonds. The summed E-state index contributed by atoms with van der Waals surface area (Å²) >= 11 is 14.0. The van der Waals surface area contributed by atoms with Crippen LogP contribution in [-0.4, -0.2) is 6.54 Å². The van der Waals surface area contributed by atoms with Crippen molar-refractivity contribution in [1.29, 1.82) is 0 Å². The van der Waals surface area contributed by atoms with Crippen molar-refractivity contribution in [3.63, 3.8) is 0 Å². The highest BCUT2D eigenvalue weighted by Gasteiger charge is 2.15. The second-order valence-corrected chi connectivity index (χ2v) is 7.23. The Bertz CT molecular complexity index is 572. The normalized spacial score (nSPS) is 12.5. The second-order valence-electron chi connectivity index (χ2n) is 3.83. The van der Waals surface area contributed by atoms with Gasteiger partial charge in [0.2, 0.25) is 0 Å². The minimum Gasteiger partial charge on any atom is -0.376 e. The average molecular weight is 429 g/mol. The molecule has 7 heteroatoms. The maximum Gasteiger partial charge on any atom is 0.137 e. The van der Waals surface area contributed by atoms with E-state index in [4.69, 9.17) is 17.3 Å². The lowest BCUT2D eigenvalue weighted by Crippen LogP contribution is -2.19. The Labute approximate surface area is 136 Å². The van der Waals surface area contributed by atoms with Crippen molar-refractivity contribution in [2.75, 3.05) is 11.9 Å². The zero-order chi connectivity index (χ0) is 14.0. The van der Waals surface area contributed by atoms with Gasteiger partial charge in [0.25, 0.3) is 0 Å². The average Bonchev–Trinajstić information content (AvgIpc) is 2.71. The van der Waals surface area contributed by atoms with Crippen LogP contribution in [0.2, 0.25) is 4.34 Å². The molecule has 0 radical (unpaired) electrons. The van der Waals surface area contributed by atoms with Gasteiger partial charge in [0.05, 0.1) is 10.5 Å². The van der Waals surface area contributed by atoms with Gasteiger partial charge in [-0.2, -0.15) is 0 Å². The number of benzene rings is 1.